The van der Waals surface area contributed by atoms with E-state index < -0.39 is 10.0 Å². The fourth-order valence-electron chi connectivity index (χ4n) is 2.71. The van der Waals surface area contributed by atoms with Crippen LogP contribution in [0.2, 0.25) is 0 Å². The summed E-state index contributed by atoms with van der Waals surface area (Å²) in [6.07, 6.45) is 5.62. The first-order valence-corrected chi connectivity index (χ1v) is 8.23. The first-order valence-electron chi connectivity index (χ1n) is 6.79. The van der Waals surface area contributed by atoms with E-state index in [0.29, 0.717) is 29.8 Å². The zero-order chi connectivity index (χ0) is 15.0. The van der Waals surface area contributed by atoms with E-state index in [4.69, 9.17) is 5.73 Å². The predicted molar refractivity (Wildman–Crippen MR) is 83.2 cm³/mol. The Labute approximate surface area is 124 Å². The van der Waals surface area contributed by atoms with E-state index in [9.17, 15) is 8.42 Å². The second kappa shape index (κ2) is 5.22. The highest BCUT2D eigenvalue weighted by Gasteiger charge is 2.32. The lowest BCUT2D eigenvalue weighted by Crippen LogP contribution is -2.32. The zero-order valence-corrected chi connectivity index (χ0v) is 12.4. The number of hydrogen-bond acceptors (Lipinski definition) is 4. The Balaban J connectivity index is 2.23. The highest BCUT2D eigenvalue weighted by atomic mass is 32.2. The molecule has 1 fully saturated rings. The molecule has 2 aromatic rings. The van der Waals surface area contributed by atoms with Gasteiger partial charge >= 0.3 is 0 Å². The summed E-state index contributed by atoms with van der Waals surface area (Å²) in [4.78, 5) is 4.41. The first kappa shape index (κ1) is 14.2. The summed E-state index contributed by atoms with van der Waals surface area (Å²) in [5.41, 5.74) is 6.55. The van der Waals surface area contributed by atoms with Crippen LogP contribution in [0, 0.1) is 0 Å². The predicted octanol–water partition coefficient (Wildman–Crippen LogP) is 1.60. The molecule has 2 heterocycles. The Morgan fingerprint density at radius 3 is 2.86 bits per heavy atom. The largest absolute Gasteiger partial charge is 0.326 e. The Bertz CT molecular complexity index is 796. The maximum atomic E-state index is 12.9. The quantitative estimate of drug-likeness (QED) is 0.934. The highest BCUT2D eigenvalue weighted by molar-refractivity contribution is 7.89. The van der Waals surface area contributed by atoms with E-state index in [1.165, 1.54) is 4.31 Å². The van der Waals surface area contributed by atoms with Crippen LogP contribution in [0.1, 0.15) is 12.0 Å². The van der Waals surface area contributed by atoms with Gasteiger partial charge in [-0.2, -0.15) is 4.31 Å². The monoisotopic (exact) mass is 303 g/mol. The molecule has 1 aliphatic heterocycles. The summed E-state index contributed by atoms with van der Waals surface area (Å²) in [5, 5.41) is 1.46. The van der Waals surface area contributed by atoms with Gasteiger partial charge in [0.05, 0.1) is 4.90 Å². The van der Waals surface area contributed by atoms with Gasteiger partial charge in [-0.3, -0.25) is 4.98 Å². The third-order valence-electron chi connectivity index (χ3n) is 3.80. The van der Waals surface area contributed by atoms with Crippen molar-refractivity contribution in [3.63, 3.8) is 0 Å². The number of nitrogens with two attached hydrogens (primary N) is 1. The molecule has 0 radical (unpaired) electrons. The second-order valence-electron chi connectivity index (χ2n) is 5.20. The van der Waals surface area contributed by atoms with Gasteiger partial charge < -0.3 is 5.73 Å². The summed E-state index contributed by atoms with van der Waals surface area (Å²) >= 11 is 0. The molecule has 110 valence electrons. The zero-order valence-electron chi connectivity index (χ0n) is 11.6. The van der Waals surface area contributed by atoms with E-state index in [0.717, 1.165) is 10.9 Å². The molecule has 1 saturated heterocycles. The van der Waals surface area contributed by atoms with E-state index in [-0.39, 0.29) is 6.04 Å². The van der Waals surface area contributed by atoms with Crippen molar-refractivity contribution < 1.29 is 8.42 Å². The van der Waals surface area contributed by atoms with Crippen LogP contribution in [-0.4, -0.2) is 36.8 Å². The number of hydrogen-bond donors (Lipinski definition) is 1. The molecule has 1 aliphatic rings. The van der Waals surface area contributed by atoms with Gasteiger partial charge in [0.15, 0.2) is 0 Å². The molecule has 1 aromatic carbocycles. The third kappa shape index (κ3) is 2.35. The van der Waals surface area contributed by atoms with Gasteiger partial charge in [0.2, 0.25) is 10.0 Å². The van der Waals surface area contributed by atoms with Gasteiger partial charge in [-0.05, 0) is 12.5 Å². The average molecular weight is 303 g/mol. The van der Waals surface area contributed by atoms with Gasteiger partial charge in [-0.25, -0.2) is 8.42 Å². The van der Waals surface area contributed by atoms with Gasteiger partial charge in [0, 0.05) is 47.9 Å². The summed E-state index contributed by atoms with van der Waals surface area (Å²) in [5.74, 6) is 0. The molecular weight excluding hydrogens is 286 g/mol. The van der Waals surface area contributed by atoms with Crippen molar-refractivity contribution in [1.29, 1.82) is 0 Å². The number of benzene rings is 1. The molecule has 2 N–H and O–H groups in total. The molecule has 5 nitrogen and oxygen atoms in total. The Morgan fingerprint density at radius 1 is 1.38 bits per heavy atom. The summed E-state index contributed by atoms with van der Waals surface area (Å²) in [6, 6.07) is 5.13. The highest BCUT2D eigenvalue weighted by Crippen LogP contribution is 2.30. The van der Waals surface area contributed by atoms with E-state index in [1.54, 1.807) is 30.6 Å². The molecule has 0 saturated carbocycles. The number of nitrogens with zero attached hydrogens (tertiary/aromatic N) is 2. The Hall–Kier alpha value is -1.76. The van der Waals surface area contributed by atoms with Crippen LogP contribution in [0.5, 0.6) is 0 Å². The fraction of sp³-hybridized carbons (Fsp3) is 0.267. The van der Waals surface area contributed by atoms with Crippen molar-refractivity contribution in [3.05, 3.63) is 42.7 Å². The number of sulfonamides is 1. The maximum absolute atomic E-state index is 12.9. The van der Waals surface area contributed by atoms with Crippen LogP contribution in [0.25, 0.3) is 16.8 Å². The van der Waals surface area contributed by atoms with Crippen LogP contribution in [0.15, 0.2) is 42.1 Å². The van der Waals surface area contributed by atoms with Crippen LogP contribution in [0.3, 0.4) is 0 Å². The normalized spacial score (nSPS) is 20.0. The van der Waals surface area contributed by atoms with E-state index in [1.807, 2.05) is 6.07 Å². The lowest BCUT2D eigenvalue weighted by molar-refractivity contribution is 0.473. The number of pyridine rings is 1. The van der Waals surface area contributed by atoms with E-state index >= 15 is 0 Å². The molecule has 0 aliphatic carbocycles. The minimum absolute atomic E-state index is 0.0877. The van der Waals surface area contributed by atoms with Gasteiger partial charge in [-0.15, -0.1) is 0 Å². The number of fused-ring (bicyclic) bond motifs is 1. The van der Waals surface area contributed by atoms with Gasteiger partial charge in [0.25, 0.3) is 0 Å². The number of aromatic nitrogens is 1. The lowest BCUT2D eigenvalue weighted by atomic mass is 10.1. The van der Waals surface area contributed by atoms with Gasteiger partial charge in [0.1, 0.15) is 0 Å². The summed E-state index contributed by atoms with van der Waals surface area (Å²) in [6.45, 7) is 4.58. The van der Waals surface area contributed by atoms with Crippen molar-refractivity contribution in [2.24, 2.45) is 5.73 Å². The van der Waals surface area contributed by atoms with Crippen LogP contribution < -0.4 is 5.73 Å². The molecule has 0 unspecified atom stereocenters. The molecule has 6 heteroatoms. The van der Waals surface area contributed by atoms with E-state index in [2.05, 4.69) is 11.6 Å². The standard InChI is InChI=1S/C15H17N3O2S/c1-2-11-8-17-9-12-4-3-5-14(15(11)12)21(19,20)18-7-6-13(16)10-18/h2-5,8-9,13H,1,6-7,10,16H2/t13-/m0/s1. The molecule has 0 spiro atoms. The molecule has 21 heavy (non-hydrogen) atoms. The molecule has 0 amide bonds. The molecule has 1 atom stereocenters. The van der Waals surface area contributed by atoms with Crippen molar-refractivity contribution in [3.8, 4) is 0 Å². The minimum atomic E-state index is -3.55. The van der Waals surface area contributed by atoms with Crippen LogP contribution in [0.4, 0.5) is 0 Å². The molecule has 0 bridgehead atoms. The minimum Gasteiger partial charge on any atom is -0.326 e. The SMILES string of the molecule is C=Cc1cncc2cccc(S(=O)(=O)N3CC[C@H](N)C3)c12. The topological polar surface area (TPSA) is 76.3 Å². The van der Waals surface area contributed by atoms with Crippen LogP contribution >= 0.6 is 0 Å². The molecule has 1 aromatic heterocycles. The number of rotatable bonds is 3. The van der Waals surface area contributed by atoms with Crippen molar-refractivity contribution in [1.82, 2.24) is 9.29 Å². The fourth-order valence-corrected chi connectivity index (χ4v) is 4.46. The molecule has 3 rings (SSSR count). The van der Waals surface area contributed by atoms with Crippen LogP contribution in [-0.2, 0) is 10.0 Å². The smallest absolute Gasteiger partial charge is 0.243 e. The third-order valence-corrected chi connectivity index (χ3v) is 5.71. The Morgan fingerprint density at radius 2 is 2.19 bits per heavy atom. The molecular formula is C15H17N3O2S. The van der Waals surface area contributed by atoms with Crippen molar-refractivity contribution in [2.45, 2.75) is 17.4 Å². The summed E-state index contributed by atoms with van der Waals surface area (Å²) < 4.78 is 27.2. The average Bonchev–Trinajstić information content (AvgIpc) is 2.93. The van der Waals surface area contributed by atoms with Gasteiger partial charge in [-0.1, -0.05) is 24.8 Å². The lowest BCUT2D eigenvalue weighted by Gasteiger charge is -2.18. The van der Waals surface area contributed by atoms with Crippen molar-refractivity contribution >= 4 is 26.9 Å². The second-order valence-corrected chi connectivity index (χ2v) is 7.11. The Kier molecular flexibility index (Phi) is 3.52. The summed E-state index contributed by atoms with van der Waals surface area (Å²) in [7, 11) is -3.55. The maximum Gasteiger partial charge on any atom is 0.243 e. The first-order chi connectivity index (χ1) is 10.0. The van der Waals surface area contributed by atoms with Crippen molar-refractivity contribution in [2.75, 3.05) is 13.1 Å².